The van der Waals surface area contributed by atoms with E-state index in [1.165, 1.54) is 11.0 Å². The van der Waals surface area contributed by atoms with Crippen LogP contribution < -0.4 is 4.90 Å². The van der Waals surface area contributed by atoms with Gasteiger partial charge in [0.25, 0.3) is 0 Å². The lowest BCUT2D eigenvalue weighted by molar-refractivity contribution is -0.134. The van der Waals surface area contributed by atoms with Gasteiger partial charge in [0.1, 0.15) is 5.82 Å². The van der Waals surface area contributed by atoms with E-state index in [2.05, 4.69) is 36.0 Å². The summed E-state index contributed by atoms with van der Waals surface area (Å²) in [5.41, 5.74) is 2.85. The summed E-state index contributed by atoms with van der Waals surface area (Å²) in [7, 11) is 0. The van der Waals surface area contributed by atoms with E-state index >= 15 is 0 Å². The number of carbonyl (C=O) groups excluding carboxylic acids is 2. The zero-order valence-corrected chi connectivity index (χ0v) is 25.1. The Morgan fingerprint density at radius 1 is 1.05 bits per heavy atom. The molecule has 0 atom stereocenters. The highest BCUT2D eigenvalue weighted by molar-refractivity contribution is 7.19. The Labute approximate surface area is 257 Å². The van der Waals surface area contributed by atoms with Crippen LogP contribution in [0.15, 0.2) is 48.9 Å². The Kier molecular flexibility index (Phi) is 8.14. The summed E-state index contributed by atoms with van der Waals surface area (Å²) >= 11 is 1.74. The second kappa shape index (κ2) is 12.6. The molecule has 2 aliphatic heterocycles. The van der Waals surface area contributed by atoms with Gasteiger partial charge in [0, 0.05) is 86.9 Å². The van der Waals surface area contributed by atoms with Crippen LogP contribution in [0, 0.1) is 0 Å². The van der Waals surface area contributed by atoms with Crippen LogP contribution >= 0.6 is 11.3 Å². The van der Waals surface area contributed by atoms with Gasteiger partial charge in [0.05, 0.1) is 35.1 Å². The minimum atomic E-state index is -0.0812. The third kappa shape index (κ3) is 6.11. The summed E-state index contributed by atoms with van der Waals surface area (Å²) in [4.78, 5) is 49.9. The number of nitrogens with one attached hydrogen (secondary N) is 2. The number of amides is 1. The molecular weight excluding hydrogens is 578 g/mol. The molecule has 6 heterocycles. The predicted molar refractivity (Wildman–Crippen MR) is 169 cm³/mol. The van der Waals surface area contributed by atoms with Gasteiger partial charge in [-0.3, -0.25) is 19.6 Å². The van der Waals surface area contributed by atoms with Crippen molar-refractivity contribution in [2.24, 2.45) is 0 Å². The predicted octanol–water partition coefficient (Wildman–Crippen LogP) is 3.50. The van der Waals surface area contributed by atoms with E-state index in [1.54, 1.807) is 29.8 Å². The number of aromatic amines is 2. The number of allylic oxidation sites excluding steroid dienone is 1. The molecule has 4 aromatic heterocycles. The van der Waals surface area contributed by atoms with E-state index in [-0.39, 0.29) is 24.5 Å². The van der Waals surface area contributed by atoms with Gasteiger partial charge >= 0.3 is 0 Å². The van der Waals surface area contributed by atoms with Crippen LogP contribution in [-0.4, -0.2) is 104 Å². The van der Waals surface area contributed by atoms with Crippen molar-refractivity contribution >= 4 is 56.0 Å². The van der Waals surface area contributed by atoms with E-state index in [1.807, 2.05) is 29.3 Å². The van der Waals surface area contributed by atoms with Crippen molar-refractivity contribution in [3.63, 3.8) is 0 Å². The van der Waals surface area contributed by atoms with Gasteiger partial charge < -0.3 is 19.5 Å². The lowest BCUT2D eigenvalue weighted by atomic mass is 10.1. The van der Waals surface area contributed by atoms with Gasteiger partial charge in [-0.25, -0.2) is 15.0 Å². The highest BCUT2D eigenvalue weighted by Crippen LogP contribution is 2.36. The first-order valence-electron chi connectivity index (χ1n) is 14.9. The Hall–Kier alpha value is -4.46. The molecule has 0 bridgehead atoms. The summed E-state index contributed by atoms with van der Waals surface area (Å²) in [6.45, 7) is 6.57. The van der Waals surface area contributed by atoms with Crippen LogP contribution in [0.3, 0.4) is 0 Å². The molecule has 1 amide bonds. The molecule has 2 fully saturated rings. The number of H-pyrrole nitrogens is 2. The summed E-state index contributed by atoms with van der Waals surface area (Å²) in [6, 6.07) is 8.23. The van der Waals surface area contributed by atoms with Gasteiger partial charge in [-0.1, -0.05) is 12.1 Å². The number of rotatable bonds is 9. The number of morpholine rings is 1. The summed E-state index contributed by atoms with van der Waals surface area (Å²) in [5, 5.41) is 8.27. The number of carbonyl (C=O) groups is 2. The van der Waals surface area contributed by atoms with Gasteiger partial charge in [-0.15, -0.1) is 11.3 Å². The van der Waals surface area contributed by atoms with Gasteiger partial charge in [0.2, 0.25) is 5.91 Å². The van der Waals surface area contributed by atoms with E-state index < -0.39 is 0 Å². The SMILES string of the molecule is O=C(C=Cc1ncc[nH]1)CCC(=O)N1CCN(Cc2cc3nc(-c4cccc5[nH]ncc45)nc(N4CCOCC4)c3s2)CC1. The molecule has 226 valence electrons. The molecule has 0 saturated carbocycles. The molecule has 0 radical (unpaired) electrons. The normalized spacial score (nSPS) is 16.5. The van der Waals surface area contributed by atoms with Crippen LogP contribution in [0.2, 0.25) is 0 Å². The van der Waals surface area contributed by atoms with E-state index in [4.69, 9.17) is 14.7 Å². The van der Waals surface area contributed by atoms with E-state index in [0.717, 1.165) is 65.2 Å². The summed E-state index contributed by atoms with van der Waals surface area (Å²) in [5.74, 6) is 2.21. The molecule has 2 aliphatic rings. The maximum Gasteiger partial charge on any atom is 0.223 e. The highest BCUT2D eigenvalue weighted by atomic mass is 32.1. The number of benzene rings is 1. The Balaban J connectivity index is 1.02. The van der Waals surface area contributed by atoms with Crippen molar-refractivity contribution in [2.75, 3.05) is 57.4 Å². The monoisotopic (exact) mass is 611 g/mol. The first-order chi connectivity index (χ1) is 21.6. The van der Waals surface area contributed by atoms with Gasteiger partial charge in [-0.05, 0) is 24.3 Å². The number of imidazole rings is 1. The van der Waals surface area contributed by atoms with Crippen molar-refractivity contribution in [2.45, 2.75) is 19.4 Å². The Morgan fingerprint density at radius 3 is 2.73 bits per heavy atom. The smallest absolute Gasteiger partial charge is 0.223 e. The molecule has 0 unspecified atom stereocenters. The summed E-state index contributed by atoms with van der Waals surface area (Å²) < 4.78 is 6.71. The number of ether oxygens (including phenoxy) is 1. The number of nitrogens with zero attached hydrogens (tertiary/aromatic N) is 7. The number of piperazine rings is 1. The zero-order valence-electron chi connectivity index (χ0n) is 24.2. The topological polar surface area (TPSA) is 136 Å². The van der Waals surface area contributed by atoms with Gasteiger partial charge in [-0.2, -0.15) is 5.10 Å². The lowest BCUT2D eigenvalue weighted by Gasteiger charge is -2.34. The fourth-order valence-electron chi connectivity index (χ4n) is 5.70. The molecular formula is C31H33N9O3S. The third-order valence-electron chi connectivity index (χ3n) is 8.08. The van der Waals surface area contributed by atoms with Crippen molar-refractivity contribution in [3.8, 4) is 11.4 Å². The fraction of sp³-hybridized carbons (Fsp3) is 0.355. The molecule has 0 aliphatic carbocycles. The van der Waals surface area contributed by atoms with Crippen LogP contribution in [0.5, 0.6) is 0 Å². The van der Waals surface area contributed by atoms with Crippen LogP contribution in [-0.2, 0) is 20.9 Å². The quantitative estimate of drug-likeness (QED) is 0.240. The number of hydrogen-bond donors (Lipinski definition) is 2. The average molecular weight is 612 g/mol. The maximum absolute atomic E-state index is 12.8. The Bertz CT molecular complexity index is 1800. The standard InChI is InChI=1S/C31H33N9O3S/c41-21(4-6-27-32-8-9-33-27)5-7-28(42)39-12-10-38(11-13-39)20-22-18-26-29(44-22)31(40-14-16-43-17-15-40)36-30(35-26)23-2-1-3-25-24(23)19-34-37-25/h1-4,6,8-9,18-19H,5,7,10-17,20H2,(H,32,33)(H,34,37). The highest BCUT2D eigenvalue weighted by Gasteiger charge is 2.24. The number of hydrogen-bond acceptors (Lipinski definition) is 10. The number of ketones is 1. The lowest BCUT2D eigenvalue weighted by Crippen LogP contribution is -2.48. The third-order valence-corrected chi connectivity index (χ3v) is 9.18. The molecule has 2 saturated heterocycles. The summed E-state index contributed by atoms with van der Waals surface area (Å²) in [6.07, 6.45) is 8.68. The second-order valence-electron chi connectivity index (χ2n) is 11.0. The van der Waals surface area contributed by atoms with Gasteiger partial charge in [0.15, 0.2) is 17.4 Å². The number of anilines is 1. The molecule has 13 heteroatoms. The number of fused-ring (bicyclic) bond motifs is 2. The molecule has 1 aromatic carbocycles. The maximum atomic E-state index is 12.8. The van der Waals surface area contributed by atoms with Crippen LogP contribution in [0.25, 0.3) is 38.6 Å². The second-order valence-corrected chi connectivity index (χ2v) is 12.1. The molecule has 2 N–H and O–H groups in total. The van der Waals surface area contributed by atoms with Crippen molar-refractivity contribution < 1.29 is 14.3 Å². The minimum Gasteiger partial charge on any atom is -0.378 e. The number of aromatic nitrogens is 6. The van der Waals surface area contributed by atoms with Crippen LogP contribution in [0.4, 0.5) is 5.82 Å². The largest absolute Gasteiger partial charge is 0.378 e. The van der Waals surface area contributed by atoms with Crippen LogP contribution in [0.1, 0.15) is 23.5 Å². The Morgan fingerprint density at radius 2 is 1.91 bits per heavy atom. The minimum absolute atomic E-state index is 0.0249. The fourth-order valence-corrected chi connectivity index (χ4v) is 6.86. The molecule has 7 rings (SSSR count). The molecule has 12 nitrogen and oxygen atoms in total. The first-order valence-corrected chi connectivity index (χ1v) is 15.7. The first kappa shape index (κ1) is 28.3. The van der Waals surface area contributed by atoms with E-state index in [9.17, 15) is 9.59 Å². The molecule has 0 spiro atoms. The number of thiophene rings is 1. The molecule has 5 aromatic rings. The molecule has 44 heavy (non-hydrogen) atoms. The van der Waals surface area contributed by atoms with Crippen molar-refractivity contribution in [1.29, 1.82) is 0 Å². The average Bonchev–Trinajstić information content (AvgIpc) is 3.84. The van der Waals surface area contributed by atoms with E-state index in [0.29, 0.717) is 38.0 Å². The van der Waals surface area contributed by atoms with Crippen molar-refractivity contribution in [3.05, 3.63) is 59.6 Å². The zero-order chi connectivity index (χ0) is 29.9. The van der Waals surface area contributed by atoms with Crippen molar-refractivity contribution in [1.82, 2.24) is 39.9 Å².